The number of ketones is 4. The van der Waals surface area contributed by atoms with Crippen LogP contribution in [-0.4, -0.2) is 117 Å². The molecule has 0 spiro atoms. The molecule has 1 aromatic heterocycles. The van der Waals surface area contributed by atoms with Crippen LogP contribution in [0.25, 0.3) is 0 Å². The summed E-state index contributed by atoms with van der Waals surface area (Å²) in [6, 6.07) is -3.71. The Bertz CT molecular complexity index is 1970. The molecule has 71 heavy (non-hydrogen) atoms. The van der Waals surface area contributed by atoms with E-state index in [-0.39, 0.29) is 74.6 Å². The third-order valence-corrected chi connectivity index (χ3v) is 12.8. The second-order valence-electron chi connectivity index (χ2n) is 19.2. The maximum atomic E-state index is 14.2. The van der Waals surface area contributed by atoms with Gasteiger partial charge in [0.05, 0.1) is 49.3 Å². The van der Waals surface area contributed by atoms with Crippen LogP contribution in [0.15, 0.2) is 22.5 Å². The zero-order valence-corrected chi connectivity index (χ0v) is 42.7. The predicted molar refractivity (Wildman–Crippen MR) is 268 cm³/mol. The van der Waals surface area contributed by atoms with Gasteiger partial charge in [-0.2, -0.15) is 0 Å². The predicted octanol–water partition coefficient (Wildman–Crippen LogP) is -0.0572. The number of imidazole rings is 1. The first-order chi connectivity index (χ1) is 33.3. The highest BCUT2D eigenvalue weighted by Crippen LogP contribution is 2.25. The van der Waals surface area contributed by atoms with Crippen LogP contribution in [0.4, 0.5) is 0 Å². The lowest BCUT2D eigenvalue weighted by atomic mass is 9.83. The van der Waals surface area contributed by atoms with Crippen LogP contribution in [0, 0.1) is 47.3 Å². The fourth-order valence-corrected chi connectivity index (χ4v) is 8.01. The minimum Gasteiger partial charge on any atom is -0.396 e. The molecule has 17 N–H and O–H groups in total. The molecular weight excluding hydrogens is 919 g/mol. The van der Waals surface area contributed by atoms with Gasteiger partial charge in [0, 0.05) is 74.8 Å². The van der Waals surface area contributed by atoms with Gasteiger partial charge in [-0.05, 0) is 49.9 Å². The molecule has 23 nitrogen and oxygen atoms in total. The van der Waals surface area contributed by atoms with Crippen molar-refractivity contribution < 1.29 is 48.3 Å². The number of carbonyl (C=O) groups excluding carboxylic acids is 9. The maximum Gasteiger partial charge on any atom is 0.226 e. The molecule has 400 valence electrons. The molecule has 5 amide bonds. The molecule has 0 bridgehead atoms. The van der Waals surface area contributed by atoms with Crippen LogP contribution in [0.1, 0.15) is 131 Å². The monoisotopic (exact) mass is 1000 g/mol. The van der Waals surface area contributed by atoms with Gasteiger partial charge in [-0.1, -0.05) is 61.3 Å². The first-order valence-electron chi connectivity index (χ1n) is 24.6. The Hall–Kier alpha value is -6.26. The average molecular weight is 1000 g/mol. The van der Waals surface area contributed by atoms with Crippen molar-refractivity contribution in [1.82, 2.24) is 25.9 Å². The molecule has 0 unspecified atom stereocenters. The first-order valence-corrected chi connectivity index (χ1v) is 24.6. The number of aliphatic imine (C=N–C) groups is 2. The summed E-state index contributed by atoms with van der Waals surface area (Å²) in [4.78, 5) is 137. The molecule has 0 saturated heterocycles. The van der Waals surface area contributed by atoms with E-state index < -0.39 is 126 Å². The van der Waals surface area contributed by atoms with E-state index in [9.17, 15) is 48.3 Å². The lowest BCUT2D eigenvalue weighted by Gasteiger charge is -2.29. The third kappa shape index (κ3) is 23.9. The first kappa shape index (κ1) is 62.8. The van der Waals surface area contributed by atoms with Crippen molar-refractivity contribution in [3.05, 3.63) is 18.2 Å². The molecule has 23 heteroatoms. The lowest BCUT2D eigenvalue weighted by molar-refractivity contribution is -0.137. The molecule has 0 radical (unpaired) electrons. The number of primary amides is 2. The van der Waals surface area contributed by atoms with Crippen molar-refractivity contribution in [3.8, 4) is 0 Å². The van der Waals surface area contributed by atoms with Crippen LogP contribution in [0.2, 0.25) is 0 Å². The summed E-state index contributed by atoms with van der Waals surface area (Å²) < 4.78 is 0. The van der Waals surface area contributed by atoms with Gasteiger partial charge in [0.2, 0.25) is 29.5 Å². The van der Waals surface area contributed by atoms with E-state index in [0.29, 0.717) is 37.9 Å². The van der Waals surface area contributed by atoms with Crippen molar-refractivity contribution in [1.29, 1.82) is 0 Å². The summed E-state index contributed by atoms with van der Waals surface area (Å²) in [6.45, 7) is 12.2. The molecule has 0 fully saturated rings. The van der Waals surface area contributed by atoms with Crippen molar-refractivity contribution in [2.24, 2.45) is 91.7 Å². The fourth-order valence-electron chi connectivity index (χ4n) is 8.01. The Balaban J connectivity index is 3.42. The van der Waals surface area contributed by atoms with Gasteiger partial charge in [-0.15, -0.1) is 0 Å². The van der Waals surface area contributed by atoms with Gasteiger partial charge in [-0.3, -0.25) is 53.1 Å². The van der Waals surface area contributed by atoms with Gasteiger partial charge in [0.25, 0.3) is 0 Å². The number of aliphatic hydroxyl groups excluding tert-OH is 1. The molecule has 0 aliphatic heterocycles. The van der Waals surface area contributed by atoms with Crippen LogP contribution in [-0.2, 0) is 49.6 Å². The SMILES string of the molecule is CC[C@H](C)[C@H](CC(=O)[C@H](CC(N)=O)NC(=O)[C@H](CCCN=C(N)N)CC(=O)[C@H](CC(C)C)NC(=O)[C@H](CO)CC(=O)[C@@H](C)CCCN=C(N)N)C(=O)N[C@H](C(=O)C[C@@H](Cc1cnc[nH]1)C(N)=O)[C@@H](C)CC. The zero-order valence-electron chi connectivity index (χ0n) is 42.7. The average Bonchev–Trinajstić information content (AvgIpc) is 3.82. The Morgan fingerprint density at radius 1 is 0.634 bits per heavy atom. The number of nitrogens with one attached hydrogen (secondary N) is 4. The Labute approximate surface area is 417 Å². The van der Waals surface area contributed by atoms with Crippen molar-refractivity contribution >= 4 is 64.6 Å². The largest absolute Gasteiger partial charge is 0.396 e. The topological polar surface area (TPSA) is 419 Å². The highest BCUT2D eigenvalue weighted by molar-refractivity contribution is 5.99. The van der Waals surface area contributed by atoms with E-state index in [1.807, 2.05) is 27.7 Å². The second-order valence-corrected chi connectivity index (χ2v) is 19.2. The molecule has 0 saturated carbocycles. The van der Waals surface area contributed by atoms with E-state index in [1.165, 1.54) is 12.5 Å². The summed E-state index contributed by atoms with van der Waals surface area (Å²) in [5.74, 6) is -11.7. The van der Waals surface area contributed by atoms with E-state index in [0.717, 1.165) is 0 Å². The van der Waals surface area contributed by atoms with Crippen molar-refractivity contribution in [3.63, 3.8) is 0 Å². The van der Waals surface area contributed by atoms with Crippen LogP contribution in [0.5, 0.6) is 0 Å². The number of nitrogens with two attached hydrogens (primary N) is 6. The summed E-state index contributed by atoms with van der Waals surface area (Å²) >= 11 is 0. The van der Waals surface area contributed by atoms with Gasteiger partial charge in [0.15, 0.2) is 29.3 Å². The van der Waals surface area contributed by atoms with Gasteiger partial charge >= 0.3 is 0 Å². The summed E-state index contributed by atoms with van der Waals surface area (Å²) in [5.41, 5.74) is 33.6. The van der Waals surface area contributed by atoms with E-state index in [4.69, 9.17) is 34.4 Å². The van der Waals surface area contributed by atoms with Gasteiger partial charge in [0.1, 0.15) is 5.78 Å². The highest BCUT2D eigenvalue weighted by Gasteiger charge is 2.37. The molecule has 0 aromatic carbocycles. The van der Waals surface area contributed by atoms with E-state index in [2.05, 4.69) is 35.9 Å². The molecule has 0 aliphatic carbocycles. The number of hydrogen-bond acceptors (Lipinski definition) is 13. The van der Waals surface area contributed by atoms with Crippen molar-refractivity contribution in [2.45, 2.75) is 150 Å². The number of aliphatic hydroxyl groups is 1. The summed E-state index contributed by atoms with van der Waals surface area (Å²) in [5, 5.41) is 18.3. The molecule has 10 atom stereocenters. The number of aromatic amines is 1. The fraction of sp³-hybridized carbons (Fsp3) is 0.708. The van der Waals surface area contributed by atoms with Gasteiger partial charge in [-0.25, -0.2) is 4.98 Å². The third-order valence-electron chi connectivity index (χ3n) is 12.8. The normalized spacial score (nSPS) is 15.5. The number of Topliss-reactive ketones (excluding diaryl/α,β-unsaturated/α-hetero) is 4. The van der Waals surface area contributed by atoms with Crippen LogP contribution >= 0.6 is 0 Å². The van der Waals surface area contributed by atoms with Crippen molar-refractivity contribution in [2.75, 3.05) is 19.7 Å². The molecule has 1 rings (SSSR count). The standard InChI is InChI=1S/C48H83N13O10/c1-8-27(5)34(46(71)61-42(28(6)9-2)40(66)19-31(43(50)68)17-33-23-55-25-58-33)21-39(65)36(22-41(49)67)60-44(69)30(13-11-15-57-48(53)54)18-38(64)35(16-26(3)4)59-45(70)32(24-62)20-37(63)29(7)12-10-14-56-47(51)52/h23,25-32,34-36,42,62H,8-22,24H2,1-7H3,(H2,49,67)(H2,50,68)(H,55,58)(H,59,70)(H,60,69)(H,61,71)(H4,51,52,56)(H4,53,54,57)/t27-,28-,29-,30+,31+,32-,34-,35-,36-,42-/m0/s1. The molecule has 1 aromatic rings. The van der Waals surface area contributed by atoms with Crippen LogP contribution < -0.4 is 50.4 Å². The number of aromatic nitrogens is 2. The second kappa shape index (κ2) is 32.6. The molecule has 0 aliphatic rings. The number of nitrogens with zero attached hydrogens (tertiary/aromatic N) is 3. The molecule has 1 heterocycles. The minimum absolute atomic E-state index is 0.0183. The smallest absolute Gasteiger partial charge is 0.226 e. The number of H-pyrrole nitrogens is 1. The number of guanidine groups is 2. The lowest BCUT2D eigenvalue weighted by Crippen LogP contribution is -2.51. The quantitative estimate of drug-likeness (QED) is 0.0235. The summed E-state index contributed by atoms with van der Waals surface area (Å²) in [6.07, 6.45) is 3.18. The maximum absolute atomic E-state index is 14.2. The minimum atomic E-state index is -1.52. The van der Waals surface area contributed by atoms with E-state index in [1.54, 1.807) is 20.8 Å². The van der Waals surface area contributed by atoms with E-state index >= 15 is 0 Å². The highest BCUT2D eigenvalue weighted by atomic mass is 16.3. The molecular formula is C48H83N13O10. The number of hydrogen-bond donors (Lipinski definition) is 11. The Morgan fingerprint density at radius 2 is 1.17 bits per heavy atom. The Kier molecular flexibility index (Phi) is 28.8. The zero-order chi connectivity index (χ0) is 54.0. The number of amides is 5. The number of carbonyl (C=O) groups is 9. The van der Waals surface area contributed by atoms with Gasteiger partial charge < -0.3 is 60.4 Å². The Morgan fingerprint density at radius 3 is 1.68 bits per heavy atom. The van der Waals surface area contributed by atoms with Crippen LogP contribution in [0.3, 0.4) is 0 Å². The number of rotatable bonds is 38. The summed E-state index contributed by atoms with van der Waals surface area (Å²) in [7, 11) is 0.